The van der Waals surface area contributed by atoms with E-state index in [1.54, 1.807) is 13.0 Å². The number of aromatic nitrogens is 1. The number of rotatable bonds is 8. The SMILES string of the molecule is CCn1c(=O)/c(=C\Nc2cccc(CCN3CCC(C(F)(F)F)CC3)c2)s/c1=C(/C#N)C(=O)NCC#N. The van der Waals surface area contributed by atoms with Gasteiger partial charge in [-0.05, 0) is 57.0 Å². The normalized spacial score (nSPS) is 16.1. The van der Waals surface area contributed by atoms with E-state index in [0.29, 0.717) is 30.6 Å². The molecule has 2 N–H and O–H groups in total. The summed E-state index contributed by atoms with van der Waals surface area (Å²) in [5, 5.41) is 23.6. The van der Waals surface area contributed by atoms with Crippen LogP contribution in [0.2, 0.25) is 0 Å². The van der Waals surface area contributed by atoms with Gasteiger partial charge in [-0.15, -0.1) is 11.3 Å². The highest BCUT2D eigenvalue weighted by Crippen LogP contribution is 2.34. The van der Waals surface area contributed by atoms with Crippen molar-refractivity contribution in [2.24, 2.45) is 5.92 Å². The standard InChI is InChI=1S/C25H27F3N6O2S/c1-2-34-23(36)21(37-24(34)20(15-30)22(35)31-10-9-29)16-32-19-5-3-4-17(14-19)6-11-33-12-7-18(8-13-33)25(26,27)28/h3-5,14,16,18,32H,2,6-8,10-13H2,1H3,(H,31,35)/b21-16+,24-20-. The average molecular weight is 533 g/mol. The highest BCUT2D eigenvalue weighted by atomic mass is 32.1. The van der Waals surface area contributed by atoms with Crippen LogP contribution >= 0.6 is 11.3 Å². The Morgan fingerprint density at radius 3 is 2.62 bits per heavy atom. The molecule has 0 bridgehead atoms. The predicted molar refractivity (Wildman–Crippen MR) is 135 cm³/mol. The molecule has 196 valence electrons. The Kier molecular flexibility index (Phi) is 9.50. The van der Waals surface area contributed by atoms with Crippen molar-refractivity contribution < 1.29 is 18.0 Å². The molecule has 0 aliphatic carbocycles. The number of amides is 1. The summed E-state index contributed by atoms with van der Waals surface area (Å²) in [6, 6.07) is 11.1. The number of carbonyl (C=O) groups is 1. The van der Waals surface area contributed by atoms with Crippen LogP contribution in [0.3, 0.4) is 0 Å². The number of alkyl halides is 3. The molecular weight excluding hydrogens is 505 g/mol. The third-order valence-corrected chi connectivity index (χ3v) is 7.30. The number of carbonyl (C=O) groups excluding carboxylic acids is 1. The van der Waals surface area contributed by atoms with Gasteiger partial charge in [0.15, 0.2) is 5.57 Å². The van der Waals surface area contributed by atoms with E-state index in [-0.39, 0.29) is 41.7 Å². The highest BCUT2D eigenvalue weighted by Gasteiger charge is 2.40. The van der Waals surface area contributed by atoms with Gasteiger partial charge in [0.05, 0.1) is 12.0 Å². The van der Waals surface area contributed by atoms with Crippen LogP contribution in [0.5, 0.6) is 0 Å². The number of nitrogens with zero attached hydrogens (tertiary/aromatic N) is 4. The molecule has 1 fully saturated rings. The van der Waals surface area contributed by atoms with Gasteiger partial charge >= 0.3 is 6.18 Å². The molecule has 0 spiro atoms. The molecule has 37 heavy (non-hydrogen) atoms. The second-order valence-corrected chi connectivity index (χ2v) is 9.58. The Bertz CT molecular complexity index is 1380. The largest absolute Gasteiger partial charge is 0.391 e. The molecule has 3 rings (SSSR count). The topological polar surface area (TPSA) is 114 Å². The minimum absolute atomic E-state index is 0.128. The van der Waals surface area contributed by atoms with Crippen molar-refractivity contribution >= 4 is 34.7 Å². The molecule has 0 unspecified atom stereocenters. The van der Waals surface area contributed by atoms with Crippen molar-refractivity contribution in [3.63, 3.8) is 0 Å². The third-order valence-electron chi connectivity index (χ3n) is 6.17. The number of benzene rings is 1. The number of thiazole rings is 1. The van der Waals surface area contributed by atoms with Gasteiger partial charge in [0.2, 0.25) is 0 Å². The van der Waals surface area contributed by atoms with Crippen LogP contribution in [0, 0.1) is 28.6 Å². The number of nitriles is 2. The number of hydrogen-bond acceptors (Lipinski definition) is 7. The molecule has 1 aromatic heterocycles. The number of hydrogen-bond donors (Lipinski definition) is 2. The Morgan fingerprint density at radius 1 is 1.27 bits per heavy atom. The maximum atomic E-state index is 12.9. The lowest BCUT2D eigenvalue weighted by atomic mass is 9.96. The molecular formula is C25H27F3N6O2S. The van der Waals surface area contributed by atoms with Crippen molar-refractivity contribution in [2.75, 3.05) is 31.5 Å². The lowest BCUT2D eigenvalue weighted by molar-refractivity contribution is -0.185. The summed E-state index contributed by atoms with van der Waals surface area (Å²) in [6.45, 7) is 3.24. The smallest absolute Gasteiger partial charge is 0.360 e. The van der Waals surface area contributed by atoms with Gasteiger partial charge in [0.25, 0.3) is 11.5 Å². The van der Waals surface area contributed by atoms with Crippen molar-refractivity contribution in [3.8, 4) is 12.1 Å². The molecule has 0 atom stereocenters. The van der Waals surface area contributed by atoms with Crippen LogP contribution in [0.4, 0.5) is 18.9 Å². The number of piperidine rings is 1. The van der Waals surface area contributed by atoms with E-state index in [4.69, 9.17) is 5.26 Å². The van der Waals surface area contributed by atoms with Crippen LogP contribution in [0.15, 0.2) is 29.1 Å². The van der Waals surface area contributed by atoms with E-state index in [1.807, 2.05) is 35.2 Å². The summed E-state index contributed by atoms with van der Waals surface area (Å²) in [4.78, 5) is 27.2. The van der Waals surface area contributed by atoms with E-state index < -0.39 is 18.0 Å². The first-order valence-corrected chi connectivity index (χ1v) is 12.6. The monoisotopic (exact) mass is 532 g/mol. The average Bonchev–Trinajstić information content (AvgIpc) is 3.20. The van der Waals surface area contributed by atoms with Crippen molar-refractivity contribution in [1.82, 2.24) is 14.8 Å². The Hall–Kier alpha value is -3.61. The lowest BCUT2D eigenvalue weighted by Crippen LogP contribution is -2.39. The van der Waals surface area contributed by atoms with E-state index in [0.717, 1.165) is 22.6 Å². The first-order valence-electron chi connectivity index (χ1n) is 11.8. The molecule has 1 aliphatic rings. The Morgan fingerprint density at radius 2 is 2.00 bits per heavy atom. The van der Waals surface area contributed by atoms with Gasteiger partial charge in [-0.2, -0.15) is 23.7 Å². The van der Waals surface area contributed by atoms with E-state index in [9.17, 15) is 28.0 Å². The molecule has 8 nitrogen and oxygen atoms in total. The summed E-state index contributed by atoms with van der Waals surface area (Å²) in [5.74, 6) is -1.93. The minimum atomic E-state index is -4.12. The molecule has 1 saturated heterocycles. The zero-order chi connectivity index (χ0) is 27.0. The molecule has 2 heterocycles. The summed E-state index contributed by atoms with van der Waals surface area (Å²) in [7, 11) is 0. The molecule has 0 saturated carbocycles. The summed E-state index contributed by atoms with van der Waals surface area (Å²) < 4.78 is 40.5. The van der Waals surface area contributed by atoms with E-state index >= 15 is 0 Å². The third kappa shape index (κ3) is 7.21. The molecule has 1 amide bonds. The van der Waals surface area contributed by atoms with Gasteiger partial charge in [-0.1, -0.05) is 12.1 Å². The van der Waals surface area contributed by atoms with Crippen LogP contribution in [-0.4, -0.2) is 47.7 Å². The first kappa shape index (κ1) is 28.0. The fraction of sp³-hybridized carbons (Fsp3) is 0.440. The Labute approximate surface area is 215 Å². The van der Waals surface area contributed by atoms with Crippen LogP contribution in [-0.2, 0) is 17.8 Å². The van der Waals surface area contributed by atoms with E-state index in [1.165, 1.54) is 10.8 Å². The fourth-order valence-corrected chi connectivity index (χ4v) is 5.22. The zero-order valence-corrected chi connectivity index (χ0v) is 21.1. The van der Waals surface area contributed by atoms with Crippen molar-refractivity contribution in [1.29, 1.82) is 10.5 Å². The summed E-state index contributed by atoms with van der Waals surface area (Å²) in [6.07, 6.45) is -1.67. The van der Waals surface area contributed by atoms with Gasteiger partial charge in [0.1, 0.15) is 21.8 Å². The van der Waals surface area contributed by atoms with Crippen LogP contribution in [0.1, 0.15) is 25.3 Å². The number of anilines is 1. The summed E-state index contributed by atoms with van der Waals surface area (Å²) >= 11 is 1.00. The number of nitrogens with one attached hydrogen (secondary N) is 2. The van der Waals surface area contributed by atoms with Crippen molar-refractivity contribution in [2.45, 2.75) is 38.9 Å². The van der Waals surface area contributed by atoms with Gasteiger partial charge in [-0.25, -0.2) is 0 Å². The zero-order valence-electron chi connectivity index (χ0n) is 20.3. The van der Waals surface area contributed by atoms with Gasteiger partial charge in [0, 0.05) is 25.0 Å². The molecule has 0 radical (unpaired) electrons. The summed E-state index contributed by atoms with van der Waals surface area (Å²) in [5.41, 5.74) is 1.14. The second-order valence-electron chi connectivity index (χ2n) is 8.55. The van der Waals surface area contributed by atoms with Crippen LogP contribution in [0.25, 0.3) is 11.8 Å². The van der Waals surface area contributed by atoms with Gasteiger partial charge < -0.3 is 15.5 Å². The lowest BCUT2D eigenvalue weighted by Gasteiger charge is -2.32. The highest BCUT2D eigenvalue weighted by molar-refractivity contribution is 7.07. The minimum Gasteiger partial charge on any atom is -0.360 e. The van der Waals surface area contributed by atoms with Crippen molar-refractivity contribution in [3.05, 3.63) is 49.4 Å². The predicted octanol–water partition coefficient (Wildman–Crippen LogP) is 1.91. The van der Waals surface area contributed by atoms with Gasteiger partial charge in [-0.3, -0.25) is 14.2 Å². The number of likely N-dealkylation sites (tertiary alicyclic amines) is 1. The molecule has 1 aromatic carbocycles. The molecule has 1 aliphatic heterocycles. The quantitative estimate of drug-likeness (QED) is 0.502. The molecule has 12 heteroatoms. The Balaban J connectivity index is 1.73. The second kappa shape index (κ2) is 12.6. The maximum absolute atomic E-state index is 12.9. The van der Waals surface area contributed by atoms with Crippen LogP contribution < -0.4 is 25.4 Å². The maximum Gasteiger partial charge on any atom is 0.391 e. The fourth-order valence-electron chi connectivity index (χ4n) is 4.13. The number of halogens is 3. The van der Waals surface area contributed by atoms with E-state index in [2.05, 4.69) is 10.6 Å². The first-order chi connectivity index (χ1) is 17.7. The molecule has 2 aromatic rings.